The van der Waals surface area contributed by atoms with E-state index in [2.05, 4.69) is 10.4 Å². The molecule has 0 aliphatic carbocycles. The minimum Gasteiger partial charge on any atom is -0.494 e. The van der Waals surface area contributed by atoms with E-state index >= 15 is 0 Å². The van der Waals surface area contributed by atoms with Gasteiger partial charge in [-0.2, -0.15) is 5.10 Å². The average Bonchev–Trinajstić information content (AvgIpc) is 2.64. The molecule has 0 radical (unpaired) electrons. The van der Waals surface area contributed by atoms with Crippen molar-refractivity contribution in [1.29, 1.82) is 0 Å². The fraction of sp³-hybridized carbons (Fsp3) is 0.118. The number of hydrogen-bond acceptors (Lipinski definition) is 6. The van der Waals surface area contributed by atoms with Crippen molar-refractivity contribution in [3.05, 3.63) is 63.2 Å². The number of nitrogens with one attached hydrogen (secondary N) is 2. The monoisotopic (exact) mass is 390 g/mol. The zero-order valence-electron chi connectivity index (χ0n) is 14.1. The molecule has 0 aromatic heterocycles. The van der Waals surface area contributed by atoms with Crippen molar-refractivity contribution >= 4 is 41.0 Å². The number of benzene rings is 2. The van der Waals surface area contributed by atoms with Gasteiger partial charge in [-0.3, -0.25) is 19.7 Å². The van der Waals surface area contributed by atoms with Crippen LogP contribution in [-0.2, 0) is 9.59 Å². The molecule has 0 spiro atoms. The summed E-state index contributed by atoms with van der Waals surface area (Å²) in [5.41, 5.74) is 2.47. The highest BCUT2D eigenvalue weighted by Gasteiger charge is 2.13. The Morgan fingerprint density at radius 3 is 2.56 bits per heavy atom. The summed E-state index contributed by atoms with van der Waals surface area (Å²) in [4.78, 5) is 33.8. The number of amides is 2. The molecule has 27 heavy (non-hydrogen) atoms. The molecule has 0 heterocycles. The molecule has 0 saturated heterocycles. The van der Waals surface area contributed by atoms with Gasteiger partial charge in [0.1, 0.15) is 5.75 Å². The van der Waals surface area contributed by atoms with Crippen LogP contribution < -0.4 is 15.5 Å². The van der Waals surface area contributed by atoms with Crippen molar-refractivity contribution in [3.63, 3.8) is 0 Å². The Kier molecular flexibility index (Phi) is 6.84. The smallest absolute Gasteiger partial charge is 0.329 e. The molecule has 9 nitrogen and oxygen atoms in total. The van der Waals surface area contributed by atoms with E-state index in [-0.39, 0.29) is 16.3 Å². The van der Waals surface area contributed by atoms with Gasteiger partial charge in [-0.15, -0.1) is 0 Å². The van der Waals surface area contributed by atoms with Gasteiger partial charge in [0, 0.05) is 28.4 Å². The first-order chi connectivity index (χ1) is 12.9. The molecule has 140 valence electrons. The van der Waals surface area contributed by atoms with Crippen molar-refractivity contribution in [2.45, 2.75) is 6.92 Å². The van der Waals surface area contributed by atoms with Crippen molar-refractivity contribution < 1.29 is 19.2 Å². The molecule has 0 aliphatic rings. The first-order valence-corrected chi connectivity index (χ1v) is 8.09. The number of ether oxygens (including phenoxy) is 1. The number of non-ortho nitro benzene ring substituents is 1. The Bertz CT molecular complexity index is 883. The van der Waals surface area contributed by atoms with Gasteiger partial charge in [0.25, 0.3) is 5.69 Å². The van der Waals surface area contributed by atoms with Crippen LogP contribution in [0.3, 0.4) is 0 Å². The molecule has 0 bridgehead atoms. The van der Waals surface area contributed by atoms with Crippen LogP contribution in [0.25, 0.3) is 0 Å². The number of halogens is 1. The predicted molar refractivity (Wildman–Crippen MR) is 100 cm³/mol. The van der Waals surface area contributed by atoms with Crippen molar-refractivity contribution in [1.82, 2.24) is 5.43 Å². The Hall–Kier alpha value is -3.46. The maximum atomic E-state index is 11.8. The lowest BCUT2D eigenvalue weighted by Crippen LogP contribution is -2.32. The molecule has 0 saturated carbocycles. The van der Waals surface area contributed by atoms with Crippen molar-refractivity contribution in [3.8, 4) is 5.75 Å². The molecule has 0 fully saturated rings. The first-order valence-electron chi connectivity index (χ1n) is 7.72. The molecule has 2 aromatic carbocycles. The van der Waals surface area contributed by atoms with Crippen LogP contribution >= 0.6 is 11.6 Å². The third-order valence-electron chi connectivity index (χ3n) is 3.19. The van der Waals surface area contributed by atoms with E-state index in [1.807, 2.05) is 12.3 Å². The largest absolute Gasteiger partial charge is 0.494 e. The van der Waals surface area contributed by atoms with Gasteiger partial charge in [0.05, 0.1) is 17.7 Å². The molecular weight excluding hydrogens is 376 g/mol. The van der Waals surface area contributed by atoms with Crippen LogP contribution in [0.1, 0.15) is 12.5 Å². The average molecular weight is 391 g/mol. The van der Waals surface area contributed by atoms with Gasteiger partial charge in [-0.25, -0.2) is 5.43 Å². The van der Waals surface area contributed by atoms with E-state index in [0.29, 0.717) is 18.0 Å². The molecule has 10 heteroatoms. The minimum atomic E-state index is -1.01. The third kappa shape index (κ3) is 5.79. The summed E-state index contributed by atoms with van der Waals surface area (Å²) in [6.07, 6.45) is 1.11. The number of rotatable bonds is 6. The predicted octanol–water partition coefficient (Wildman–Crippen LogP) is 2.74. The standard InChI is InChI=1S/C17H15ClN4O5/c1-2-27-14-6-3-12(4-7-14)20-16(23)17(24)21-19-10-11-9-13(22(25)26)5-8-15(11)18/h3-10H,2H2,1H3,(H,20,23)(H,21,24)/b19-10-. The van der Waals surface area contributed by atoms with Crippen molar-refractivity contribution in [2.75, 3.05) is 11.9 Å². The summed E-state index contributed by atoms with van der Waals surface area (Å²) < 4.78 is 5.28. The maximum absolute atomic E-state index is 11.8. The van der Waals surface area contributed by atoms with Crippen LogP contribution in [-0.4, -0.2) is 29.6 Å². The molecule has 2 rings (SSSR count). The molecule has 0 aliphatic heterocycles. The second-order valence-electron chi connectivity index (χ2n) is 5.07. The lowest BCUT2D eigenvalue weighted by molar-refractivity contribution is -0.384. The van der Waals surface area contributed by atoms with Crippen LogP contribution in [0.2, 0.25) is 5.02 Å². The first kappa shape index (κ1) is 19.9. The van der Waals surface area contributed by atoms with E-state index in [4.69, 9.17) is 16.3 Å². The number of hydrazone groups is 1. The lowest BCUT2D eigenvalue weighted by atomic mass is 10.2. The highest BCUT2D eigenvalue weighted by atomic mass is 35.5. The Balaban J connectivity index is 1.94. The highest BCUT2D eigenvalue weighted by Crippen LogP contribution is 2.20. The second-order valence-corrected chi connectivity index (χ2v) is 5.48. The van der Waals surface area contributed by atoms with Gasteiger partial charge < -0.3 is 10.1 Å². The number of hydrogen-bond donors (Lipinski definition) is 2. The van der Waals surface area contributed by atoms with E-state index in [1.54, 1.807) is 24.3 Å². The zero-order valence-corrected chi connectivity index (χ0v) is 14.9. The van der Waals surface area contributed by atoms with E-state index in [1.165, 1.54) is 18.2 Å². The third-order valence-corrected chi connectivity index (χ3v) is 3.53. The molecule has 2 N–H and O–H groups in total. The normalized spacial score (nSPS) is 10.4. The van der Waals surface area contributed by atoms with Gasteiger partial charge >= 0.3 is 11.8 Å². The van der Waals surface area contributed by atoms with E-state index in [0.717, 1.165) is 6.21 Å². The topological polar surface area (TPSA) is 123 Å². The molecular formula is C17H15ClN4O5. The van der Waals surface area contributed by atoms with Crippen LogP contribution in [0.5, 0.6) is 5.75 Å². The number of nitro groups is 1. The highest BCUT2D eigenvalue weighted by molar-refractivity contribution is 6.39. The maximum Gasteiger partial charge on any atom is 0.329 e. The molecule has 0 unspecified atom stereocenters. The summed E-state index contributed by atoms with van der Waals surface area (Å²) >= 11 is 5.91. The lowest BCUT2D eigenvalue weighted by Gasteiger charge is -2.06. The SMILES string of the molecule is CCOc1ccc(NC(=O)C(=O)N/N=C\c2cc([N+](=O)[O-])ccc2Cl)cc1. The van der Waals surface area contributed by atoms with Crippen LogP contribution in [0.15, 0.2) is 47.6 Å². The fourth-order valence-electron chi connectivity index (χ4n) is 1.94. The fourth-order valence-corrected chi connectivity index (χ4v) is 2.11. The summed E-state index contributed by atoms with van der Waals surface area (Å²) in [6.45, 7) is 2.36. The summed E-state index contributed by atoms with van der Waals surface area (Å²) in [6, 6.07) is 10.2. The number of nitrogens with zero attached hydrogens (tertiary/aromatic N) is 2. The van der Waals surface area contributed by atoms with Gasteiger partial charge in [-0.05, 0) is 37.3 Å². The van der Waals surface area contributed by atoms with Crippen LogP contribution in [0.4, 0.5) is 11.4 Å². The summed E-state index contributed by atoms with van der Waals surface area (Å²) in [7, 11) is 0. The zero-order chi connectivity index (χ0) is 19.8. The van der Waals surface area contributed by atoms with E-state index < -0.39 is 16.7 Å². The van der Waals surface area contributed by atoms with E-state index in [9.17, 15) is 19.7 Å². The molecule has 2 amide bonds. The van der Waals surface area contributed by atoms with Gasteiger partial charge in [-0.1, -0.05) is 11.6 Å². The second kappa shape index (κ2) is 9.30. The Morgan fingerprint density at radius 2 is 1.93 bits per heavy atom. The summed E-state index contributed by atoms with van der Waals surface area (Å²) in [5, 5.41) is 17.0. The number of carbonyl (C=O) groups is 2. The minimum absolute atomic E-state index is 0.180. The molecule has 0 atom stereocenters. The van der Waals surface area contributed by atoms with Gasteiger partial charge in [0.2, 0.25) is 0 Å². The Morgan fingerprint density at radius 1 is 1.22 bits per heavy atom. The number of nitro benzene ring substituents is 1. The Labute approximate surface area is 159 Å². The number of carbonyl (C=O) groups excluding carboxylic acids is 2. The summed E-state index contributed by atoms with van der Waals surface area (Å²) in [5.74, 6) is -1.30. The van der Waals surface area contributed by atoms with Gasteiger partial charge in [0.15, 0.2) is 0 Å². The quantitative estimate of drug-likeness (QED) is 0.340. The van der Waals surface area contributed by atoms with Crippen LogP contribution in [0, 0.1) is 10.1 Å². The number of anilines is 1. The van der Waals surface area contributed by atoms with Crippen molar-refractivity contribution in [2.24, 2.45) is 5.10 Å². The molecule has 2 aromatic rings.